The van der Waals surface area contributed by atoms with Crippen molar-refractivity contribution in [1.29, 1.82) is 0 Å². The van der Waals surface area contributed by atoms with E-state index in [0.29, 0.717) is 16.1 Å². The van der Waals surface area contributed by atoms with Gasteiger partial charge in [0.2, 0.25) is 0 Å². The lowest BCUT2D eigenvalue weighted by molar-refractivity contribution is 0.294. The average Bonchev–Trinajstić information content (AvgIpc) is 1.82. The Bertz CT molecular complexity index is 139. The molecule has 0 bridgehead atoms. The van der Waals surface area contributed by atoms with Gasteiger partial charge < -0.3 is 0 Å². The first-order valence-corrected chi connectivity index (χ1v) is 6.53. The van der Waals surface area contributed by atoms with E-state index >= 15 is 0 Å². The third kappa shape index (κ3) is 6.73. The summed E-state index contributed by atoms with van der Waals surface area (Å²) in [4.78, 5) is 0. The van der Waals surface area contributed by atoms with Crippen LogP contribution in [0.15, 0.2) is 0 Å². The summed E-state index contributed by atoms with van der Waals surface area (Å²) in [5.41, 5.74) is 0.389. The number of rotatable bonds is 3. The van der Waals surface area contributed by atoms with Gasteiger partial charge in [0.1, 0.15) is 0 Å². The number of hydrogen-bond acceptors (Lipinski definition) is 2. The molecule has 1 atom stereocenters. The number of thiol groups is 1. The van der Waals surface area contributed by atoms with Crippen molar-refractivity contribution in [1.82, 2.24) is 0 Å². The third-order valence-electron chi connectivity index (χ3n) is 2.16. The van der Waals surface area contributed by atoms with Gasteiger partial charge in [-0.25, -0.2) is 0 Å². The van der Waals surface area contributed by atoms with Crippen LogP contribution in [0.3, 0.4) is 0 Å². The van der Waals surface area contributed by atoms with Gasteiger partial charge in [-0.15, -0.1) is 0 Å². The van der Waals surface area contributed by atoms with Crippen molar-refractivity contribution < 1.29 is 0 Å². The molecule has 0 saturated carbocycles. The zero-order valence-corrected chi connectivity index (χ0v) is 11.6. The fourth-order valence-corrected chi connectivity index (χ4v) is 3.10. The predicted octanol–water partition coefficient (Wildman–Crippen LogP) is 4.11. The quantitative estimate of drug-likeness (QED) is 0.698. The molecular weight excluding hydrogens is 196 g/mol. The van der Waals surface area contributed by atoms with Gasteiger partial charge in [-0.2, -0.15) is 24.4 Å². The monoisotopic (exact) mass is 220 g/mol. The Morgan fingerprint density at radius 1 is 1.08 bits per heavy atom. The summed E-state index contributed by atoms with van der Waals surface area (Å²) in [5.74, 6) is 2.92. The van der Waals surface area contributed by atoms with E-state index in [4.69, 9.17) is 0 Å². The molecule has 0 aliphatic carbocycles. The summed E-state index contributed by atoms with van der Waals surface area (Å²) < 4.78 is 0.381. The van der Waals surface area contributed by atoms with Crippen LogP contribution in [-0.4, -0.2) is 16.3 Å². The molecule has 0 rings (SSSR count). The predicted molar refractivity (Wildman–Crippen MR) is 69.0 cm³/mol. The topological polar surface area (TPSA) is 0 Å². The van der Waals surface area contributed by atoms with E-state index in [-0.39, 0.29) is 0 Å². The molecule has 0 N–H and O–H groups in total. The molecule has 2 heteroatoms. The Hall–Kier alpha value is 0.700. The van der Waals surface area contributed by atoms with E-state index in [1.54, 1.807) is 0 Å². The van der Waals surface area contributed by atoms with Crippen molar-refractivity contribution in [2.24, 2.45) is 11.3 Å². The molecule has 0 heterocycles. The van der Waals surface area contributed by atoms with Crippen molar-refractivity contribution >= 4 is 24.4 Å². The second-order valence-corrected chi connectivity index (χ2v) is 7.88. The third-order valence-corrected chi connectivity index (χ3v) is 4.04. The van der Waals surface area contributed by atoms with Gasteiger partial charge in [0.15, 0.2) is 0 Å². The maximum Gasteiger partial charge on any atom is 0.00752 e. The highest BCUT2D eigenvalue weighted by atomic mass is 32.2. The van der Waals surface area contributed by atoms with Gasteiger partial charge in [0, 0.05) is 4.75 Å². The minimum Gasteiger partial charge on any atom is -0.179 e. The lowest BCUT2D eigenvalue weighted by Gasteiger charge is -2.31. The summed E-state index contributed by atoms with van der Waals surface area (Å²) in [5, 5.41) is 0. The van der Waals surface area contributed by atoms with Crippen molar-refractivity contribution in [3.63, 3.8) is 0 Å². The molecule has 0 nitrogen and oxygen atoms in total. The number of thioether (sulfide) groups is 1. The largest absolute Gasteiger partial charge is 0.179 e. The van der Waals surface area contributed by atoms with Gasteiger partial charge >= 0.3 is 0 Å². The Morgan fingerprint density at radius 2 is 1.54 bits per heavy atom. The SMILES string of the molecule is CC(C)(C)SCC(CS)C(C)(C)C. The van der Waals surface area contributed by atoms with Crippen LogP contribution < -0.4 is 0 Å². The molecule has 0 amide bonds. The van der Waals surface area contributed by atoms with Crippen LogP contribution in [-0.2, 0) is 0 Å². The first kappa shape index (κ1) is 13.7. The smallest absolute Gasteiger partial charge is 0.00752 e. The van der Waals surface area contributed by atoms with E-state index in [1.165, 1.54) is 5.75 Å². The standard InChI is InChI=1S/C11H24S2/c1-10(2,3)9(7-12)8-13-11(4,5)6/h9,12H,7-8H2,1-6H3. The van der Waals surface area contributed by atoms with Gasteiger partial charge in [-0.3, -0.25) is 0 Å². The van der Waals surface area contributed by atoms with Gasteiger partial charge in [0.05, 0.1) is 0 Å². The first-order chi connectivity index (χ1) is 5.67. The van der Waals surface area contributed by atoms with Gasteiger partial charge in [0.25, 0.3) is 0 Å². The molecule has 80 valence electrons. The lowest BCUT2D eigenvalue weighted by atomic mass is 9.83. The second-order valence-electron chi connectivity index (χ2n) is 5.67. The van der Waals surface area contributed by atoms with Crippen LogP contribution in [0, 0.1) is 11.3 Å². The highest BCUT2D eigenvalue weighted by Crippen LogP contribution is 2.34. The van der Waals surface area contributed by atoms with Crippen LogP contribution >= 0.6 is 24.4 Å². The second kappa shape index (κ2) is 4.97. The molecule has 0 aromatic rings. The molecule has 0 aliphatic heterocycles. The fraction of sp³-hybridized carbons (Fsp3) is 1.00. The van der Waals surface area contributed by atoms with Crippen molar-refractivity contribution in [2.45, 2.75) is 46.3 Å². The number of hydrogen-bond donors (Lipinski definition) is 1. The highest BCUT2D eigenvalue weighted by molar-refractivity contribution is 8.00. The fourth-order valence-electron chi connectivity index (χ4n) is 0.927. The minimum absolute atomic E-state index is 0.381. The van der Waals surface area contributed by atoms with Crippen molar-refractivity contribution in [3.05, 3.63) is 0 Å². The van der Waals surface area contributed by atoms with Gasteiger partial charge in [-0.1, -0.05) is 41.5 Å². The van der Waals surface area contributed by atoms with Crippen LogP contribution in [0.1, 0.15) is 41.5 Å². The van der Waals surface area contributed by atoms with Gasteiger partial charge in [-0.05, 0) is 22.8 Å². The zero-order valence-electron chi connectivity index (χ0n) is 9.85. The van der Waals surface area contributed by atoms with Crippen LogP contribution in [0.2, 0.25) is 0 Å². The molecule has 0 fully saturated rings. The first-order valence-electron chi connectivity index (χ1n) is 4.91. The van der Waals surface area contributed by atoms with E-state index in [0.717, 1.165) is 5.75 Å². The summed E-state index contributed by atoms with van der Waals surface area (Å²) >= 11 is 6.47. The normalized spacial score (nSPS) is 15.9. The summed E-state index contributed by atoms with van der Waals surface area (Å²) in [6, 6.07) is 0. The minimum atomic E-state index is 0.381. The Morgan fingerprint density at radius 3 is 1.77 bits per heavy atom. The molecule has 0 saturated heterocycles. The van der Waals surface area contributed by atoms with E-state index in [2.05, 4.69) is 54.2 Å². The molecule has 1 unspecified atom stereocenters. The Kier molecular flexibility index (Phi) is 5.24. The summed E-state index contributed by atoms with van der Waals surface area (Å²) in [6.45, 7) is 13.7. The summed E-state index contributed by atoms with van der Waals surface area (Å²) in [6.07, 6.45) is 0. The molecule has 0 aromatic carbocycles. The van der Waals surface area contributed by atoms with E-state index < -0.39 is 0 Å². The van der Waals surface area contributed by atoms with Crippen LogP contribution in [0.25, 0.3) is 0 Å². The molecule has 13 heavy (non-hydrogen) atoms. The molecule has 0 spiro atoms. The molecule has 0 aliphatic rings. The Labute approximate surface area is 93.7 Å². The average molecular weight is 220 g/mol. The van der Waals surface area contributed by atoms with Crippen molar-refractivity contribution in [3.8, 4) is 0 Å². The van der Waals surface area contributed by atoms with Crippen LogP contribution in [0.4, 0.5) is 0 Å². The molecule has 0 aromatic heterocycles. The van der Waals surface area contributed by atoms with Crippen LogP contribution in [0.5, 0.6) is 0 Å². The van der Waals surface area contributed by atoms with Crippen molar-refractivity contribution in [2.75, 3.05) is 11.5 Å². The lowest BCUT2D eigenvalue weighted by Crippen LogP contribution is -2.26. The van der Waals surface area contributed by atoms with E-state index in [9.17, 15) is 0 Å². The molecular formula is C11H24S2. The molecule has 0 radical (unpaired) electrons. The highest BCUT2D eigenvalue weighted by Gasteiger charge is 2.25. The Balaban J connectivity index is 4.02. The maximum absolute atomic E-state index is 4.43. The van der Waals surface area contributed by atoms with E-state index in [1.807, 2.05) is 11.8 Å². The maximum atomic E-state index is 4.43. The zero-order chi connectivity index (χ0) is 10.7. The summed E-state index contributed by atoms with van der Waals surface area (Å²) in [7, 11) is 0.